The van der Waals surface area contributed by atoms with Crippen LogP contribution in [0.3, 0.4) is 0 Å². The number of hydrogen-bond donors (Lipinski definition) is 1. The van der Waals surface area contributed by atoms with E-state index in [-0.39, 0.29) is 0 Å². The second kappa shape index (κ2) is 7.72. The van der Waals surface area contributed by atoms with E-state index >= 15 is 0 Å². The van der Waals surface area contributed by atoms with Crippen LogP contribution in [-0.2, 0) is 11.3 Å². The van der Waals surface area contributed by atoms with Crippen LogP contribution >= 0.6 is 0 Å². The number of pyridine rings is 1. The molecule has 0 radical (unpaired) electrons. The van der Waals surface area contributed by atoms with Gasteiger partial charge in [0.25, 0.3) is 6.43 Å². The summed E-state index contributed by atoms with van der Waals surface area (Å²) in [5.41, 5.74) is 4.00. The number of anilines is 1. The van der Waals surface area contributed by atoms with Crippen molar-refractivity contribution >= 4 is 22.6 Å². The molecule has 2 aliphatic rings. The van der Waals surface area contributed by atoms with Crippen molar-refractivity contribution in [2.24, 2.45) is 5.41 Å². The molecule has 5 heterocycles. The van der Waals surface area contributed by atoms with Crippen molar-refractivity contribution in [1.82, 2.24) is 29.1 Å². The maximum Gasteiger partial charge on any atom is 0.256 e. The number of hydrogen-bond acceptors (Lipinski definition) is 6. The minimum absolute atomic E-state index is 0.369. The molecule has 0 atom stereocenters. The van der Waals surface area contributed by atoms with E-state index in [1.165, 1.54) is 17.4 Å². The minimum atomic E-state index is -2.46. The molecule has 1 aliphatic carbocycles. The van der Waals surface area contributed by atoms with Crippen molar-refractivity contribution in [3.05, 3.63) is 36.5 Å². The average molecular weight is 453 g/mol. The van der Waals surface area contributed by atoms with Crippen molar-refractivity contribution in [3.63, 3.8) is 0 Å². The Bertz CT molecular complexity index is 1320. The van der Waals surface area contributed by atoms with Gasteiger partial charge >= 0.3 is 0 Å². The highest BCUT2D eigenvalue weighted by molar-refractivity contribution is 5.85. The third kappa shape index (κ3) is 3.62. The Morgan fingerprint density at radius 1 is 1.18 bits per heavy atom. The molecule has 0 amide bonds. The van der Waals surface area contributed by atoms with Gasteiger partial charge in [0.1, 0.15) is 5.82 Å². The summed E-state index contributed by atoms with van der Waals surface area (Å²) in [5.74, 6) is 1.13. The van der Waals surface area contributed by atoms with Gasteiger partial charge in [-0.2, -0.15) is 0 Å². The van der Waals surface area contributed by atoms with E-state index in [9.17, 15) is 8.78 Å². The molecule has 1 spiro atoms. The quantitative estimate of drug-likeness (QED) is 0.490. The number of aromatic nitrogens is 6. The molecule has 1 saturated heterocycles. The summed E-state index contributed by atoms with van der Waals surface area (Å²) < 4.78 is 34.8. The fourth-order valence-corrected chi connectivity index (χ4v) is 5.08. The zero-order valence-corrected chi connectivity index (χ0v) is 18.3. The Balaban J connectivity index is 1.26. The standard InChI is InChI=1S/C23H25F2N7O/c1-14-28-21-18(31(14)11-20(24)25)8-15(9-26-21)17-4-7-32-19(17)10-27-22(30-32)29-16-2-5-23(6-3-16)12-33-13-23/h4,7-10,16,20H,2-3,5-6,11-13H2,1H3,(H,29,30). The summed E-state index contributed by atoms with van der Waals surface area (Å²) in [5, 5.41) is 8.12. The molecule has 1 N–H and O–H groups in total. The summed E-state index contributed by atoms with van der Waals surface area (Å²) in [7, 11) is 0. The molecule has 1 aliphatic heterocycles. The SMILES string of the molecule is Cc1nc2ncc(-c3ccn4nc(NC5CCC6(CC5)COC6)ncc34)cc2n1CC(F)F. The smallest absolute Gasteiger partial charge is 0.256 e. The monoisotopic (exact) mass is 453 g/mol. The highest BCUT2D eigenvalue weighted by Gasteiger charge is 2.41. The van der Waals surface area contributed by atoms with Crippen molar-refractivity contribution in [2.75, 3.05) is 18.5 Å². The highest BCUT2D eigenvalue weighted by atomic mass is 19.3. The second-order valence-electron chi connectivity index (χ2n) is 9.28. The first-order valence-corrected chi connectivity index (χ1v) is 11.3. The number of alkyl halides is 2. The molecule has 8 nitrogen and oxygen atoms in total. The van der Waals surface area contributed by atoms with Crippen LogP contribution in [0, 0.1) is 12.3 Å². The molecule has 4 aromatic heterocycles. The summed E-state index contributed by atoms with van der Waals surface area (Å²) in [6.07, 6.45) is 7.47. The highest BCUT2D eigenvalue weighted by Crippen LogP contribution is 2.42. The van der Waals surface area contributed by atoms with Gasteiger partial charge in [-0.1, -0.05) is 0 Å². The van der Waals surface area contributed by atoms with Crippen LogP contribution in [0.1, 0.15) is 31.5 Å². The van der Waals surface area contributed by atoms with Gasteiger partial charge in [-0.15, -0.1) is 5.10 Å². The summed E-state index contributed by atoms with van der Waals surface area (Å²) in [6.45, 7) is 3.11. The van der Waals surface area contributed by atoms with E-state index in [0.717, 1.165) is 42.7 Å². The third-order valence-corrected chi connectivity index (χ3v) is 7.04. The largest absolute Gasteiger partial charge is 0.380 e. The number of ether oxygens (including phenoxy) is 1. The molecule has 10 heteroatoms. The maximum absolute atomic E-state index is 13.1. The van der Waals surface area contributed by atoms with Crippen LogP contribution in [0.15, 0.2) is 30.7 Å². The lowest BCUT2D eigenvalue weighted by molar-refractivity contribution is -0.131. The minimum Gasteiger partial charge on any atom is -0.380 e. The van der Waals surface area contributed by atoms with Gasteiger partial charge in [-0.3, -0.25) is 0 Å². The van der Waals surface area contributed by atoms with Crippen LogP contribution < -0.4 is 5.32 Å². The topological polar surface area (TPSA) is 82.2 Å². The number of halogens is 2. The van der Waals surface area contributed by atoms with E-state index in [4.69, 9.17) is 4.74 Å². The molecule has 1 saturated carbocycles. The molecule has 4 aromatic rings. The van der Waals surface area contributed by atoms with Crippen LogP contribution in [0.4, 0.5) is 14.7 Å². The molecule has 172 valence electrons. The summed E-state index contributed by atoms with van der Waals surface area (Å²) in [6, 6.07) is 4.17. The Kier molecular flexibility index (Phi) is 4.79. The van der Waals surface area contributed by atoms with Gasteiger partial charge < -0.3 is 14.6 Å². The van der Waals surface area contributed by atoms with Crippen molar-refractivity contribution < 1.29 is 13.5 Å². The number of nitrogens with zero attached hydrogens (tertiary/aromatic N) is 6. The Labute approximate surface area is 189 Å². The van der Waals surface area contributed by atoms with Crippen molar-refractivity contribution in [1.29, 1.82) is 0 Å². The zero-order chi connectivity index (χ0) is 22.6. The van der Waals surface area contributed by atoms with E-state index in [1.807, 2.05) is 18.3 Å². The Morgan fingerprint density at radius 3 is 2.73 bits per heavy atom. The number of imidazole rings is 1. The van der Waals surface area contributed by atoms with Crippen molar-refractivity contribution in [3.8, 4) is 11.1 Å². The molecule has 2 fully saturated rings. The summed E-state index contributed by atoms with van der Waals surface area (Å²) >= 11 is 0. The number of rotatable bonds is 5. The predicted octanol–water partition coefficient (Wildman–Crippen LogP) is 4.09. The first-order chi connectivity index (χ1) is 16.0. The Hall–Kier alpha value is -3.14. The van der Waals surface area contributed by atoms with Gasteiger partial charge in [0.15, 0.2) is 5.65 Å². The van der Waals surface area contributed by atoms with Crippen LogP contribution in [-0.4, -0.2) is 54.8 Å². The molecule has 33 heavy (non-hydrogen) atoms. The lowest BCUT2D eigenvalue weighted by atomic mass is 9.71. The second-order valence-corrected chi connectivity index (χ2v) is 9.28. The maximum atomic E-state index is 13.1. The first-order valence-electron chi connectivity index (χ1n) is 11.3. The van der Waals surface area contributed by atoms with Crippen LogP contribution in [0.25, 0.3) is 27.8 Å². The molecule has 6 rings (SSSR count). The zero-order valence-electron chi connectivity index (χ0n) is 18.3. The van der Waals surface area contributed by atoms with Gasteiger partial charge in [0.05, 0.1) is 37.0 Å². The number of aryl methyl sites for hydroxylation is 1. The third-order valence-electron chi connectivity index (χ3n) is 7.04. The molecule has 0 aromatic carbocycles. The van der Waals surface area contributed by atoms with E-state index < -0.39 is 13.0 Å². The van der Waals surface area contributed by atoms with Gasteiger partial charge in [-0.25, -0.2) is 28.2 Å². The van der Waals surface area contributed by atoms with Gasteiger partial charge in [0.2, 0.25) is 5.95 Å². The number of nitrogens with one attached hydrogen (secondary N) is 1. The molecule has 0 unspecified atom stereocenters. The number of fused-ring (bicyclic) bond motifs is 2. The molecular formula is C23H25F2N7O. The van der Waals surface area contributed by atoms with Crippen LogP contribution in [0.5, 0.6) is 0 Å². The van der Waals surface area contributed by atoms with E-state index in [0.29, 0.717) is 34.4 Å². The summed E-state index contributed by atoms with van der Waals surface area (Å²) in [4.78, 5) is 13.3. The normalized spacial score (nSPS) is 18.4. The lowest BCUT2D eigenvalue weighted by Crippen LogP contribution is -2.47. The lowest BCUT2D eigenvalue weighted by Gasteiger charge is -2.46. The van der Waals surface area contributed by atoms with E-state index in [2.05, 4.69) is 25.4 Å². The predicted molar refractivity (Wildman–Crippen MR) is 119 cm³/mol. The first kappa shape index (κ1) is 20.5. The fourth-order valence-electron chi connectivity index (χ4n) is 5.08. The van der Waals surface area contributed by atoms with Gasteiger partial charge in [-0.05, 0) is 44.7 Å². The average Bonchev–Trinajstić information content (AvgIpc) is 3.33. The fraction of sp³-hybridized carbons (Fsp3) is 0.478. The van der Waals surface area contributed by atoms with Gasteiger partial charge in [0, 0.05) is 35.0 Å². The molecule has 0 bridgehead atoms. The molecular weight excluding hydrogens is 428 g/mol. The van der Waals surface area contributed by atoms with Crippen LogP contribution in [0.2, 0.25) is 0 Å². The Morgan fingerprint density at radius 2 is 2.00 bits per heavy atom. The van der Waals surface area contributed by atoms with E-state index in [1.54, 1.807) is 23.8 Å². The van der Waals surface area contributed by atoms with Crippen molar-refractivity contribution in [2.45, 2.75) is 51.6 Å².